The van der Waals surface area contributed by atoms with E-state index in [1.807, 2.05) is 0 Å². The molecule has 33 heavy (non-hydrogen) atoms. The summed E-state index contributed by atoms with van der Waals surface area (Å²) >= 11 is 0. The lowest BCUT2D eigenvalue weighted by molar-refractivity contribution is -0.385. The van der Waals surface area contributed by atoms with Crippen molar-refractivity contribution in [3.05, 3.63) is 80.1 Å². The first-order valence-electron chi connectivity index (χ1n) is 10.9. The fraction of sp³-hybridized carbons (Fsp3) is 0.292. The largest absolute Gasteiger partial charge is 0.506 e. The van der Waals surface area contributed by atoms with E-state index in [1.54, 1.807) is 30.3 Å². The van der Waals surface area contributed by atoms with Crippen molar-refractivity contribution < 1.29 is 14.8 Å². The number of rotatable bonds is 10. The van der Waals surface area contributed by atoms with Crippen LogP contribution in [0.4, 0.5) is 5.69 Å². The number of nitrogens with zero attached hydrogens (tertiary/aromatic N) is 3. The summed E-state index contributed by atoms with van der Waals surface area (Å²) in [5, 5.41) is 25.9. The summed E-state index contributed by atoms with van der Waals surface area (Å²) in [5.74, 6) is -1.31. The monoisotopic (exact) mass is 450 g/mol. The molecule has 2 N–H and O–H groups in total. The van der Waals surface area contributed by atoms with Crippen LogP contribution >= 0.6 is 0 Å². The summed E-state index contributed by atoms with van der Waals surface area (Å²) in [7, 11) is 0. The number of aromatic hydroxyl groups is 1. The topological polar surface area (TPSA) is 127 Å². The van der Waals surface area contributed by atoms with E-state index in [1.165, 1.54) is 22.8 Å². The van der Waals surface area contributed by atoms with E-state index in [-0.39, 0.29) is 11.3 Å². The first-order chi connectivity index (χ1) is 16.0. The Bertz CT molecular complexity index is 1250. The number of hydrogen-bond acceptors (Lipinski definition) is 6. The minimum absolute atomic E-state index is 0.172. The van der Waals surface area contributed by atoms with Gasteiger partial charge in [-0.05, 0) is 24.6 Å². The maximum absolute atomic E-state index is 13.1. The number of benzene rings is 2. The van der Waals surface area contributed by atoms with Crippen molar-refractivity contribution in [3.63, 3.8) is 0 Å². The number of hydrogen-bond donors (Lipinski definition) is 2. The highest BCUT2D eigenvalue weighted by atomic mass is 16.6. The molecule has 0 atom stereocenters. The standard InChI is InChI=1S/C24H26N4O5/c1-2-3-4-5-10-15-27-20-14-9-7-12-18(20)22(29)21(24(27)31)23(30)26-25-16-17-11-6-8-13-19(17)28(32)33/h6-9,11-14,16,29H,2-5,10,15H2,1H3,(H,26,30)/b25-16-. The van der Waals surface area contributed by atoms with Crippen molar-refractivity contribution in [3.8, 4) is 5.75 Å². The molecule has 1 amide bonds. The number of carbonyl (C=O) groups is 1. The predicted octanol–water partition coefficient (Wildman–Crippen LogP) is 4.35. The molecule has 0 unspecified atom stereocenters. The van der Waals surface area contributed by atoms with Gasteiger partial charge in [-0.2, -0.15) is 5.10 Å². The fourth-order valence-corrected chi connectivity index (χ4v) is 3.67. The highest BCUT2D eigenvalue weighted by Crippen LogP contribution is 2.26. The molecule has 1 aromatic heterocycles. The summed E-state index contributed by atoms with van der Waals surface area (Å²) < 4.78 is 1.50. The van der Waals surface area contributed by atoms with Crippen LogP contribution in [-0.4, -0.2) is 26.7 Å². The van der Waals surface area contributed by atoms with Crippen molar-refractivity contribution in [1.82, 2.24) is 9.99 Å². The lowest BCUT2D eigenvalue weighted by atomic mass is 10.1. The van der Waals surface area contributed by atoms with Gasteiger partial charge in [-0.15, -0.1) is 0 Å². The average Bonchev–Trinajstić information content (AvgIpc) is 2.81. The first kappa shape index (κ1) is 23.6. The first-order valence-corrected chi connectivity index (χ1v) is 10.9. The molecule has 172 valence electrons. The van der Waals surface area contributed by atoms with E-state index in [4.69, 9.17) is 0 Å². The summed E-state index contributed by atoms with van der Waals surface area (Å²) in [5.41, 5.74) is 1.75. The van der Waals surface area contributed by atoms with Gasteiger partial charge in [0.15, 0.2) is 0 Å². The Morgan fingerprint density at radius 2 is 1.82 bits per heavy atom. The molecule has 3 aromatic rings. The second kappa shape index (κ2) is 11.0. The highest BCUT2D eigenvalue weighted by molar-refractivity contribution is 6.02. The second-order valence-corrected chi connectivity index (χ2v) is 7.63. The van der Waals surface area contributed by atoms with Gasteiger partial charge in [0.25, 0.3) is 17.2 Å². The van der Waals surface area contributed by atoms with Crippen LogP contribution < -0.4 is 11.0 Å². The lowest BCUT2D eigenvalue weighted by Gasteiger charge is -2.14. The molecule has 0 bridgehead atoms. The van der Waals surface area contributed by atoms with Crippen LogP contribution in [0.5, 0.6) is 5.75 Å². The number of aryl methyl sites for hydroxylation is 1. The number of nitro groups is 1. The van der Waals surface area contributed by atoms with Gasteiger partial charge in [0.2, 0.25) is 0 Å². The number of aromatic nitrogens is 1. The van der Waals surface area contributed by atoms with E-state index >= 15 is 0 Å². The number of nitro benzene ring substituents is 1. The van der Waals surface area contributed by atoms with E-state index in [2.05, 4.69) is 17.5 Å². The van der Waals surface area contributed by atoms with Crippen molar-refractivity contribution in [1.29, 1.82) is 0 Å². The van der Waals surface area contributed by atoms with Crippen molar-refractivity contribution >= 4 is 28.7 Å². The van der Waals surface area contributed by atoms with E-state index < -0.39 is 27.7 Å². The van der Waals surface area contributed by atoms with Crippen molar-refractivity contribution in [2.75, 3.05) is 0 Å². The third-order valence-corrected chi connectivity index (χ3v) is 5.36. The Hall–Kier alpha value is -4.01. The van der Waals surface area contributed by atoms with Crippen molar-refractivity contribution in [2.24, 2.45) is 5.10 Å². The zero-order chi connectivity index (χ0) is 23.8. The van der Waals surface area contributed by atoms with Gasteiger partial charge in [0.1, 0.15) is 11.3 Å². The number of nitrogens with one attached hydrogen (secondary N) is 1. The number of hydrazone groups is 1. The molecule has 0 aliphatic heterocycles. The minimum atomic E-state index is -0.891. The SMILES string of the molecule is CCCCCCCn1c(=O)c(C(=O)N/N=C\c2ccccc2[N+](=O)[O-])c(O)c2ccccc21. The lowest BCUT2D eigenvalue weighted by Crippen LogP contribution is -2.31. The zero-order valence-corrected chi connectivity index (χ0v) is 18.4. The van der Waals surface area contributed by atoms with Gasteiger partial charge >= 0.3 is 0 Å². The molecule has 0 spiro atoms. The van der Waals surface area contributed by atoms with Crippen LogP contribution in [-0.2, 0) is 6.54 Å². The summed E-state index contributed by atoms with van der Waals surface area (Å²) in [6.45, 7) is 2.55. The predicted molar refractivity (Wildman–Crippen MR) is 127 cm³/mol. The Morgan fingerprint density at radius 3 is 2.58 bits per heavy atom. The third-order valence-electron chi connectivity index (χ3n) is 5.36. The maximum atomic E-state index is 13.1. The van der Waals surface area contributed by atoms with E-state index in [0.717, 1.165) is 38.3 Å². The van der Waals surface area contributed by atoms with Crippen LogP contribution in [0.3, 0.4) is 0 Å². The Kier molecular flexibility index (Phi) is 7.91. The molecule has 0 fully saturated rings. The summed E-state index contributed by atoms with van der Waals surface area (Å²) in [6.07, 6.45) is 6.15. The second-order valence-electron chi connectivity index (χ2n) is 7.63. The molecular weight excluding hydrogens is 424 g/mol. The zero-order valence-electron chi connectivity index (χ0n) is 18.4. The number of para-hydroxylation sites is 2. The Balaban J connectivity index is 1.90. The number of carbonyl (C=O) groups excluding carboxylic acids is 1. The quantitative estimate of drug-likeness (QED) is 0.205. The normalized spacial score (nSPS) is 11.2. The molecule has 9 heteroatoms. The molecular formula is C24H26N4O5. The molecule has 0 aliphatic rings. The molecule has 9 nitrogen and oxygen atoms in total. The number of fused-ring (bicyclic) bond motifs is 1. The van der Waals surface area contributed by atoms with Gasteiger partial charge in [0, 0.05) is 18.0 Å². The van der Waals surface area contributed by atoms with Gasteiger partial charge in [-0.3, -0.25) is 19.7 Å². The van der Waals surface area contributed by atoms with Crippen molar-refractivity contribution in [2.45, 2.75) is 45.6 Å². The van der Waals surface area contributed by atoms with Gasteiger partial charge in [0.05, 0.1) is 22.2 Å². The molecule has 0 aliphatic carbocycles. The third kappa shape index (κ3) is 5.43. The molecule has 3 rings (SSSR count). The fourth-order valence-electron chi connectivity index (χ4n) is 3.67. The molecule has 2 aromatic carbocycles. The van der Waals surface area contributed by atoms with Crippen LogP contribution in [0.2, 0.25) is 0 Å². The molecule has 0 radical (unpaired) electrons. The Morgan fingerprint density at radius 1 is 1.12 bits per heavy atom. The molecule has 1 heterocycles. The Labute approximate surface area is 190 Å². The minimum Gasteiger partial charge on any atom is -0.506 e. The number of unbranched alkanes of at least 4 members (excludes halogenated alkanes) is 4. The highest BCUT2D eigenvalue weighted by Gasteiger charge is 2.22. The molecule has 0 saturated heterocycles. The van der Waals surface area contributed by atoms with Gasteiger partial charge in [-0.1, -0.05) is 56.9 Å². The van der Waals surface area contributed by atoms with Gasteiger partial charge < -0.3 is 9.67 Å². The average molecular weight is 450 g/mol. The smallest absolute Gasteiger partial charge is 0.280 e. The van der Waals surface area contributed by atoms with Crippen LogP contribution in [0, 0.1) is 10.1 Å². The van der Waals surface area contributed by atoms with E-state index in [0.29, 0.717) is 17.4 Å². The van der Waals surface area contributed by atoms with Gasteiger partial charge in [-0.25, -0.2) is 5.43 Å². The summed E-state index contributed by atoms with van der Waals surface area (Å²) in [6, 6.07) is 12.8. The van der Waals surface area contributed by atoms with Crippen LogP contribution in [0.25, 0.3) is 10.9 Å². The van der Waals surface area contributed by atoms with Crippen LogP contribution in [0.1, 0.15) is 54.9 Å². The molecule has 0 saturated carbocycles. The number of pyridine rings is 1. The number of amides is 1. The summed E-state index contributed by atoms with van der Waals surface area (Å²) in [4.78, 5) is 36.5. The van der Waals surface area contributed by atoms with E-state index in [9.17, 15) is 24.8 Å². The maximum Gasteiger partial charge on any atom is 0.280 e. The van der Waals surface area contributed by atoms with Crippen LogP contribution in [0.15, 0.2) is 58.4 Å².